The van der Waals surface area contributed by atoms with Crippen molar-refractivity contribution in [3.63, 3.8) is 0 Å². The first-order chi connectivity index (χ1) is 30.5. The van der Waals surface area contributed by atoms with Gasteiger partial charge in [0.1, 0.15) is 0 Å². The molecule has 0 bridgehead atoms. The lowest BCUT2D eigenvalue weighted by Gasteiger charge is -2.31. The summed E-state index contributed by atoms with van der Waals surface area (Å²) in [6.45, 7) is 4.75. The highest BCUT2D eigenvalue weighted by Crippen LogP contribution is 2.53. The largest absolute Gasteiger partial charge is 0.310 e. The maximum Gasteiger partial charge on any atom is 0.0546 e. The van der Waals surface area contributed by atoms with Crippen molar-refractivity contribution in [3.05, 3.63) is 236 Å². The highest BCUT2D eigenvalue weighted by atomic mass is 15.1. The van der Waals surface area contributed by atoms with Crippen molar-refractivity contribution in [2.45, 2.75) is 19.3 Å². The van der Waals surface area contributed by atoms with Gasteiger partial charge in [0.25, 0.3) is 0 Å². The van der Waals surface area contributed by atoms with Crippen LogP contribution in [0.1, 0.15) is 25.0 Å². The summed E-state index contributed by atoms with van der Waals surface area (Å²) in [7, 11) is 0. The van der Waals surface area contributed by atoms with Crippen molar-refractivity contribution in [1.29, 1.82) is 0 Å². The van der Waals surface area contributed by atoms with Gasteiger partial charge in [0.05, 0.1) is 5.69 Å². The zero-order valence-electron chi connectivity index (χ0n) is 34.8. The monoisotopic (exact) mass is 789 g/mol. The van der Waals surface area contributed by atoms with Gasteiger partial charge in [-0.15, -0.1) is 0 Å². The van der Waals surface area contributed by atoms with Crippen LogP contribution in [-0.2, 0) is 5.41 Å². The summed E-state index contributed by atoms with van der Waals surface area (Å²) in [6, 6.07) is 83.2. The first kappa shape index (κ1) is 36.1. The van der Waals surface area contributed by atoms with Crippen molar-refractivity contribution in [3.8, 4) is 44.5 Å². The summed E-state index contributed by atoms with van der Waals surface area (Å²) >= 11 is 0. The lowest BCUT2D eigenvalue weighted by atomic mass is 9.82. The summed E-state index contributed by atoms with van der Waals surface area (Å²) in [6.07, 6.45) is 0. The molecule has 11 aromatic carbocycles. The third-order valence-corrected chi connectivity index (χ3v) is 13.4. The smallest absolute Gasteiger partial charge is 0.0546 e. The molecular formula is C61H43N. The Bertz CT molecular complexity index is 3540. The second kappa shape index (κ2) is 14.2. The zero-order valence-corrected chi connectivity index (χ0v) is 34.8. The average molecular weight is 790 g/mol. The van der Waals surface area contributed by atoms with E-state index in [1.807, 2.05) is 0 Å². The molecule has 11 aromatic rings. The van der Waals surface area contributed by atoms with E-state index in [9.17, 15) is 0 Å². The standard InChI is InChI=1S/C61H43N/c1-61(2)57-29-15-14-27-52(57)53-36-35-45(39-58(53)61)62(44-33-31-41(32-34-44)40-17-4-3-5-18-40)59-30-16-28-54(55-37-42-19-6-8-21-46(42)48-23-10-12-25-50(48)55)60(59)56-38-43-20-7-9-22-47(43)49-24-11-13-26-51(49)56/h3-39H,1-2H3. The summed E-state index contributed by atoms with van der Waals surface area (Å²) in [5.41, 5.74) is 15.8. The van der Waals surface area contributed by atoms with Gasteiger partial charge in [-0.25, -0.2) is 0 Å². The third-order valence-electron chi connectivity index (χ3n) is 13.4. The first-order valence-corrected chi connectivity index (χ1v) is 21.7. The normalized spacial score (nSPS) is 12.8. The van der Waals surface area contributed by atoms with Crippen molar-refractivity contribution < 1.29 is 0 Å². The van der Waals surface area contributed by atoms with Crippen molar-refractivity contribution in [2.75, 3.05) is 4.90 Å². The third kappa shape index (κ3) is 5.62. The molecule has 0 saturated heterocycles. The topological polar surface area (TPSA) is 3.24 Å². The molecule has 0 aromatic heterocycles. The van der Waals surface area contributed by atoms with Gasteiger partial charge in [-0.2, -0.15) is 0 Å². The Morgan fingerprint density at radius 3 is 1.50 bits per heavy atom. The summed E-state index contributed by atoms with van der Waals surface area (Å²) in [4.78, 5) is 2.51. The second-order valence-electron chi connectivity index (χ2n) is 17.2. The van der Waals surface area contributed by atoms with E-state index in [-0.39, 0.29) is 5.41 Å². The summed E-state index contributed by atoms with van der Waals surface area (Å²) in [5.74, 6) is 0. The van der Waals surface area contributed by atoms with E-state index in [4.69, 9.17) is 0 Å². The van der Waals surface area contributed by atoms with Crippen molar-refractivity contribution in [2.24, 2.45) is 0 Å². The van der Waals surface area contributed by atoms with Crippen LogP contribution in [0.15, 0.2) is 224 Å². The summed E-state index contributed by atoms with van der Waals surface area (Å²) < 4.78 is 0. The highest BCUT2D eigenvalue weighted by molar-refractivity contribution is 6.19. The molecule has 0 spiro atoms. The van der Waals surface area contributed by atoms with E-state index in [0.717, 1.165) is 17.1 Å². The van der Waals surface area contributed by atoms with E-state index in [2.05, 4.69) is 243 Å². The van der Waals surface area contributed by atoms with Crippen LogP contribution in [0.2, 0.25) is 0 Å². The van der Waals surface area contributed by atoms with E-state index in [0.29, 0.717) is 0 Å². The Kier molecular flexibility index (Phi) is 8.27. The van der Waals surface area contributed by atoms with Crippen LogP contribution in [0, 0.1) is 0 Å². The molecule has 62 heavy (non-hydrogen) atoms. The Hall–Kier alpha value is -7.74. The van der Waals surface area contributed by atoms with E-state index in [1.165, 1.54) is 98.7 Å². The molecule has 12 rings (SSSR count). The highest BCUT2D eigenvalue weighted by Gasteiger charge is 2.36. The molecule has 292 valence electrons. The van der Waals surface area contributed by atoms with Crippen LogP contribution >= 0.6 is 0 Å². The lowest BCUT2D eigenvalue weighted by molar-refractivity contribution is 0.660. The molecule has 0 N–H and O–H groups in total. The van der Waals surface area contributed by atoms with Crippen LogP contribution in [0.3, 0.4) is 0 Å². The molecule has 0 radical (unpaired) electrons. The molecule has 0 heterocycles. The van der Waals surface area contributed by atoms with Gasteiger partial charge in [-0.05, 0) is 136 Å². The molecule has 0 fully saturated rings. The molecule has 0 aliphatic heterocycles. The SMILES string of the molecule is CC1(C)c2ccccc2-c2ccc(N(c3ccc(-c4ccccc4)cc3)c3cccc(-c4cc5ccccc5c5ccccc45)c3-c3cc4ccccc4c4ccccc34)cc21. The molecule has 1 aliphatic rings. The molecular weight excluding hydrogens is 747 g/mol. The van der Waals surface area contributed by atoms with Gasteiger partial charge in [0.15, 0.2) is 0 Å². The fraction of sp³-hybridized carbons (Fsp3) is 0.0492. The van der Waals surface area contributed by atoms with Gasteiger partial charge in [0.2, 0.25) is 0 Å². The number of rotatable bonds is 6. The number of fused-ring (bicyclic) bond motifs is 9. The molecule has 0 amide bonds. The second-order valence-corrected chi connectivity index (χ2v) is 17.2. The Morgan fingerprint density at radius 2 is 0.806 bits per heavy atom. The van der Waals surface area contributed by atoms with E-state index in [1.54, 1.807) is 0 Å². The first-order valence-electron chi connectivity index (χ1n) is 21.7. The number of anilines is 3. The van der Waals surface area contributed by atoms with Crippen LogP contribution in [-0.4, -0.2) is 0 Å². The van der Waals surface area contributed by atoms with Crippen LogP contribution in [0.5, 0.6) is 0 Å². The maximum absolute atomic E-state index is 2.51. The van der Waals surface area contributed by atoms with E-state index < -0.39 is 0 Å². The van der Waals surface area contributed by atoms with Crippen molar-refractivity contribution in [1.82, 2.24) is 0 Å². The molecule has 1 heteroatoms. The zero-order chi connectivity index (χ0) is 41.4. The van der Waals surface area contributed by atoms with Gasteiger partial charge >= 0.3 is 0 Å². The minimum Gasteiger partial charge on any atom is -0.310 e. The fourth-order valence-electron chi connectivity index (χ4n) is 10.5. The Labute approximate surface area is 362 Å². The number of nitrogens with zero attached hydrogens (tertiary/aromatic N) is 1. The number of hydrogen-bond acceptors (Lipinski definition) is 1. The lowest BCUT2D eigenvalue weighted by Crippen LogP contribution is -2.17. The predicted molar refractivity (Wildman–Crippen MR) is 265 cm³/mol. The minimum absolute atomic E-state index is 0.159. The van der Waals surface area contributed by atoms with Crippen LogP contribution in [0.25, 0.3) is 87.6 Å². The Balaban J connectivity index is 1.20. The summed E-state index contributed by atoms with van der Waals surface area (Å²) in [5, 5.41) is 9.96. The predicted octanol–water partition coefficient (Wildman–Crippen LogP) is 17.1. The molecule has 0 atom stereocenters. The van der Waals surface area contributed by atoms with Gasteiger partial charge in [-0.3, -0.25) is 0 Å². The molecule has 0 unspecified atom stereocenters. The van der Waals surface area contributed by atoms with Crippen LogP contribution < -0.4 is 4.90 Å². The van der Waals surface area contributed by atoms with Gasteiger partial charge in [0, 0.05) is 22.4 Å². The molecule has 1 aliphatic carbocycles. The van der Waals surface area contributed by atoms with Gasteiger partial charge in [-0.1, -0.05) is 196 Å². The van der Waals surface area contributed by atoms with Crippen LogP contribution in [0.4, 0.5) is 17.1 Å². The van der Waals surface area contributed by atoms with E-state index >= 15 is 0 Å². The average Bonchev–Trinajstić information content (AvgIpc) is 3.56. The number of hydrogen-bond donors (Lipinski definition) is 0. The molecule has 0 saturated carbocycles. The number of benzene rings is 11. The minimum atomic E-state index is -0.159. The van der Waals surface area contributed by atoms with Gasteiger partial charge < -0.3 is 4.90 Å². The Morgan fingerprint density at radius 1 is 0.306 bits per heavy atom. The van der Waals surface area contributed by atoms with Crippen molar-refractivity contribution >= 4 is 60.2 Å². The molecule has 1 nitrogen and oxygen atoms in total. The quantitative estimate of drug-likeness (QED) is 0.152. The maximum atomic E-state index is 2.51. The fourth-order valence-corrected chi connectivity index (χ4v) is 10.5.